The highest BCUT2D eigenvalue weighted by Gasteiger charge is 2.27. The minimum absolute atomic E-state index is 0.0447. The summed E-state index contributed by atoms with van der Waals surface area (Å²) in [6.07, 6.45) is 2.92. The van der Waals surface area contributed by atoms with Crippen LogP contribution in [0.1, 0.15) is 36.8 Å². The monoisotopic (exact) mass is 290 g/mol. The van der Waals surface area contributed by atoms with Gasteiger partial charge in [0.25, 0.3) is 0 Å². The SMILES string of the molecule is Cc1ccccc1CNC(=O)NC1CCCC(C(=O)O)C1. The maximum atomic E-state index is 11.9. The van der Waals surface area contributed by atoms with E-state index in [0.29, 0.717) is 19.4 Å². The Hall–Kier alpha value is -2.04. The molecule has 0 aromatic heterocycles. The van der Waals surface area contributed by atoms with Gasteiger partial charge in [0.1, 0.15) is 0 Å². The van der Waals surface area contributed by atoms with Crippen LogP contribution in [0.4, 0.5) is 4.79 Å². The van der Waals surface area contributed by atoms with E-state index in [1.807, 2.05) is 31.2 Å². The number of nitrogens with one attached hydrogen (secondary N) is 2. The number of hydrogen-bond donors (Lipinski definition) is 3. The molecule has 1 aromatic rings. The van der Waals surface area contributed by atoms with Gasteiger partial charge in [-0.2, -0.15) is 0 Å². The second-order valence-corrected chi connectivity index (χ2v) is 5.65. The summed E-state index contributed by atoms with van der Waals surface area (Å²) in [5.41, 5.74) is 2.22. The van der Waals surface area contributed by atoms with Crippen LogP contribution in [-0.4, -0.2) is 23.1 Å². The molecule has 2 rings (SSSR count). The summed E-state index contributed by atoms with van der Waals surface area (Å²) >= 11 is 0. The Kier molecular flexibility index (Phi) is 5.20. The summed E-state index contributed by atoms with van der Waals surface area (Å²) in [7, 11) is 0. The Balaban J connectivity index is 1.79. The molecule has 1 aromatic carbocycles. The number of hydrogen-bond acceptors (Lipinski definition) is 2. The van der Waals surface area contributed by atoms with Gasteiger partial charge in [0.05, 0.1) is 5.92 Å². The van der Waals surface area contributed by atoms with Crippen LogP contribution in [0.5, 0.6) is 0 Å². The number of carbonyl (C=O) groups excluding carboxylic acids is 1. The first kappa shape index (κ1) is 15.4. The van der Waals surface area contributed by atoms with E-state index in [1.54, 1.807) is 0 Å². The number of carboxylic acids is 1. The van der Waals surface area contributed by atoms with Crippen molar-refractivity contribution in [1.29, 1.82) is 0 Å². The van der Waals surface area contributed by atoms with Crippen LogP contribution in [0.15, 0.2) is 24.3 Å². The highest BCUT2D eigenvalue weighted by atomic mass is 16.4. The van der Waals surface area contributed by atoms with E-state index >= 15 is 0 Å². The Bertz CT molecular complexity index is 516. The van der Waals surface area contributed by atoms with E-state index in [-0.39, 0.29) is 18.0 Å². The third kappa shape index (κ3) is 4.48. The minimum Gasteiger partial charge on any atom is -0.481 e. The van der Waals surface area contributed by atoms with Crippen LogP contribution in [0, 0.1) is 12.8 Å². The molecule has 1 aliphatic carbocycles. The van der Waals surface area contributed by atoms with Crippen molar-refractivity contribution >= 4 is 12.0 Å². The summed E-state index contributed by atoms with van der Waals surface area (Å²) in [4.78, 5) is 22.9. The number of benzene rings is 1. The van der Waals surface area contributed by atoms with Crippen molar-refractivity contribution in [2.75, 3.05) is 0 Å². The average Bonchev–Trinajstić information content (AvgIpc) is 2.46. The zero-order valence-corrected chi connectivity index (χ0v) is 12.3. The molecule has 5 nitrogen and oxygen atoms in total. The van der Waals surface area contributed by atoms with Gasteiger partial charge in [-0.3, -0.25) is 4.79 Å². The number of aryl methyl sites for hydroxylation is 1. The predicted octanol–water partition coefficient (Wildman–Crippen LogP) is 2.44. The van der Waals surface area contributed by atoms with Crippen molar-refractivity contribution in [3.8, 4) is 0 Å². The molecule has 0 saturated heterocycles. The molecule has 2 unspecified atom stereocenters. The lowest BCUT2D eigenvalue weighted by Gasteiger charge is -2.27. The molecule has 0 spiro atoms. The summed E-state index contributed by atoms with van der Waals surface area (Å²) < 4.78 is 0. The number of aliphatic carboxylic acids is 1. The van der Waals surface area contributed by atoms with Crippen molar-refractivity contribution in [2.45, 2.75) is 45.2 Å². The van der Waals surface area contributed by atoms with Crippen LogP contribution in [-0.2, 0) is 11.3 Å². The van der Waals surface area contributed by atoms with Crippen molar-refractivity contribution in [2.24, 2.45) is 5.92 Å². The standard InChI is InChI=1S/C16H22N2O3/c1-11-5-2-3-6-13(11)10-17-16(21)18-14-8-4-7-12(9-14)15(19)20/h2-3,5-6,12,14H,4,7-10H2,1H3,(H,19,20)(H2,17,18,21). The van der Waals surface area contributed by atoms with Gasteiger partial charge in [0, 0.05) is 12.6 Å². The molecule has 5 heteroatoms. The van der Waals surface area contributed by atoms with E-state index in [1.165, 1.54) is 0 Å². The van der Waals surface area contributed by atoms with Crippen LogP contribution >= 0.6 is 0 Å². The molecule has 2 amide bonds. The highest BCUT2D eigenvalue weighted by Crippen LogP contribution is 2.24. The first-order chi connectivity index (χ1) is 10.1. The lowest BCUT2D eigenvalue weighted by Crippen LogP contribution is -2.44. The molecule has 21 heavy (non-hydrogen) atoms. The number of carbonyl (C=O) groups is 2. The molecule has 1 fully saturated rings. The Morgan fingerprint density at radius 2 is 2.05 bits per heavy atom. The van der Waals surface area contributed by atoms with E-state index in [0.717, 1.165) is 24.0 Å². The molecule has 0 aliphatic heterocycles. The normalized spacial score (nSPS) is 21.6. The number of amides is 2. The fraction of sp³-hybridized carbons (Fsp3) is 0.500. The highest BCUT2D eigenvalue weighted by molar-refractivity contribution is 5.74. The zero-order chi connectivity index (χ0) is 15.2. The van der Waals surface area contributed by atoms with Gasteiger partial charge in [0.2, 0.25) is 0 Å². The molecule has 1 aliphatic rings. The summed E-state index contributed by atoms with van der Waals surface area (Å²) in [5, 5.41) is 14.8. The molecule has 0 radical (unpaired) electrons. The fourth-order valence-corrected chi connectivity index (χ4v) is 2.77. The molecular formula is C16H22N2O3. The first-order valence-corrected chi connectivity index (χ1v) is 7.38. The van der Waals surface area contributed by atoms with Crippen LogP contribution in [0.3, 0.4) is 0 Å². The van der Waals surface area contributed by atoms with Crippen LogP contribution in [0.2, 0.25) is 0 Å². The lowest BCUT2D eigenvalue weighted by molar-refractivity contribution is -0.143. The molecule has 0 bridgehead atoms. The Labute approximate surface area is 124 Å². The summed E-state index contributed by atoms with van der Waals surface area (Å²) in [5.74, 6) is -1.10. The fourth-order valence-electron chi connectivity index (χ4n) is 2.77. The van der Waals surface area contributed by atoms with Gasteiger partial charge < -0.3 is 15.7 Å². The third-order valence-corrected chi connectivity index (χ3v) is 4.06. The number of urea groups is 1. The smallest absolute Gasteiger partial charge is 0.315 e. The molecule has 2 atom stereocenters. The van der Waals surface area contributed by atoms with Crippen molar-refractivity contribution in [3.05, 3.63) is 35.4 Å². The molecule has 114 valence electrons. The Morgan fingerprint density at radius 1 is 1.29 bits per heavy atom. The van der Waals surface area contributed by atoms with Gasteiger partial charge in [-0.25, -0.2) is 4.79 Å². The van der Waals surface area contributed by atoms with Crippen molar-refractivity contribution in [3.63, 3.8) is 0 Å². The van der Waals surface area contributed by atoms with E-state index in [2.05, 4.69) is 10.6 Å². The maximum absolute atomic E-state index is 11.9. The molecule has 0 heterocycles. The second kappa shape index (κ2) is 7.11. The Morgan fingerprint density at radius 3 is 2.76 bits per heavy atom. The van der Waals surface area contributed by atoms with Crippen LogP contribution < -0.4 is 10.6 Å². The number of rotatable bonds is 4. The maximum Gasteiger partial charge on any atom is 0.315 e. The average molecular weight is 290 g/mol. The quantitative estimate of drug-likeness (QED) is 0.797. The third-order valence-electron chi connectivity index (χ3n) is 4.06. The van der Waals surface area contributed by atoms with Gasteiger partial charge in [-0.15, -0.1) is 0 Å². The largest absolute Gasteiger partial charge is 0.481 e. The second-order valence-electron chi connectivity index (χ2n) is 5.65. The van der Waals surface area contributed by atoms with Crippen molar-refractivity contribution < 1.29 is 14.7 Å². The van der Waals surface area contributed by atoms with Gasteiger partial charge in [0.15, 0.2) is 0 Å². The first-order valence-electron chi connectivity index (χ1n) is 7.38. The van der Waals surface area contributed by atoms with Crippen LogP contribution in [0.25, 0.3) is 0 Å². The predicted molar refractivity (Wildman–Crippen MR) is 79.9 cm³/mol. The zero-order valence-electron chi connectivity index (χ0n) is 12.3. The molecule has 3 N–H and O–H groups in total. The number of carboxylic acid groups (broad SMARTS) is 1. The van der Waals surface area contributed by atoms with Crippen molar-refractivity contribution in [1.82, 2.24) is 10.6 Å². The molecular weight excluding hydrogens is 268 g/mol. The van der Waals surface area contributed by atoms with Gasteiger partial charge >= 0.3 is 12.0 Å². The van der Waals surface area contributed by atoms with E-state index < -0.39 is 5.97 Å². The van der Waals surface area contributed by atoms with Gasteiger partial charge in [-0.05, 0) is 37.3 Å². The minimum atomic E-state index is -0.762. The van der Waals surface area contributed by atoms with E-state index in [4.69, 9.17) is 5.11 Å². The summed E-state index contributed by atoms with van der Waals surface area (Å²) in [6.45, 7) is 2.49. The molecule has 1 saturated carbocycles. The summed E-state index contributed by atoms with van der Waals surface area (Å²) in [6, 6.07) is 7.63. The topological polar surface area (TPSA) is 78.4 Å². The van der Waals surface area contributed by atoms with Gasteiger partial charge in [-0.1, -0.05) is 30.7 Å². The lowest BCUT2D eigenvalue weighted by atomic mass is 9.86. The van der Waals surface area contributed by atoms with E-state index in [9.17, 15) is 9.59 Å².